The average Bonchev–Trinajstić information content (AvgIpc) is 2.52. The second kappa shape index (κ2) is 8.39. The minimum absolute atomic E-state index is 0.336. The molecule has 22 heavy (non-hydrogen) atoms. The number of halogens is 1. The van der Waals surface area contributed by atoms with Crippen molar-refractivity contribution in [1.82, 2.24) is 0 Å². The van der Waals surface area contributed by atoms with E-state index in [4.69, 9.17) is 9.47 Å². The van der Waals surface area contributed by atoms with Crippen LogP contribution in [0.5, 0.6) is 5.75 Å². The molecule has 2 rings (SSSR count). The molecule has 2 aromatic carbocycles. The molecule has 0 unspecified atom stereocenters. The smallest absolute Gasteiger partial charge is 0.330 e. The SMILES string of the molecule is CCOC(=O)/C=C/c1ccc(OCc2cccc(Br)c2)cc1. The number of hydrogen-bond donors (Lipinski definition) is 0. The third-order valence-corrected chi connectivity index (χ3v) is 3.37. The zero-order valence-electron chi connectivity index (χ0n) is 12.3. The number of carbonyl (C=O) groups excluding carboxylic acids is 1. The van der Waals surface area contributed by atoms with E-state index in [0.717, 1.165) is 21.3 Å². The van der Waals surface area contributed by atoms with Gasteiger partial charge in [-0.15, -0.1) is 0 Å². The number of carbonyl (C=O) groups is 1. The van der Waals surface area contributed by atoms with Crippen LogP contribution in [0.3, 0.4) is 0 Å². The Morgan fingerprint density at radius 1 is 1.18 bits per heavy atom. The van der Waals surface area contributed by atoms with Crippen molar-refractivity contribution in [1.29, 1.82) is 0 Å². The highest BCUT2D eigenvalue weighted by molar-refractivity contribution is 9.10. The summed E-state index contributed by atoms with van der Waals surface area (Å²) in [6.07, 6.45) is 3.14. The average molecular weight is 361 g/mol. The van der Waals surface area contributed by atoms with Crippen LogP contribution < -0.4 is 4.74 Å². The van der Waals surface area contributed by atoms with Gasteiger partial charge in [0.25, 0.3) is 0 Å². The summed E-state index contributed by atoms with van der Waals surface area (Å²) < 4.78 is 11.6. The van der Waals surface area contributed by atoms with Gasteiger partial charge in [-0.3, -0.25) is 0 Å². The van der Waals surface area contributed by atoms with E-state index in [9.17, 15) is 4.79 Å². The summed E-state index contributed by atoms with van der Waals surface area (Å²) in [5.41, 5.74) is 2.02. The van der Waals surface area contributed by atoms with E-state index in [1.165, 1.54) is 6.08 Å². The summed E-state index contributed by atoms with van der Waals surface area (Å²) in [7, 11) is 0. The summed E-state index contributed by atoms with van der Waals surface area (Å²) in [4.78, 5) is 11.2. The van der Waals surface area contributed by atoms with Crippen LogP contribution in [-0.2, 0) is 16.1 Å². The monoisotopic (exact) mass is 360 g/mol. The molecule has 0 amide bonds. The maximum absolute atomic E-state index is 11.2. The Labute approximate surface area is 138 Å². The molecule has 0 saturated heterocycles. The lowest BCUT2D eigenvalue weighted by atomic mass is 10.2. The third-order valence-electron chi connectivity index (χ3n) is 2.87. The Balaban J connectivity index is 1.90. The zero-order chi connectivity index (χ0) is 15.8. The van der Waals surface area contributed by atoms with Crippen molar-refractivity contribution in [2.24, 2.45) is 0 Å². The van der Waals surface area contributed by atoms with Crippen molar-refractivity contribution in [2.75, 3.05) is 6.61 Å². The van der Waals surface area contributed by atoms with E-state index >= 15 is 0 Å². The Bertz CT molecular complexity index is 648. The summed E-state index contributed by atoms with van der Waals surface area (Å²) in [5, 5.41) is 0. The maximum atomic E-state index is 11.2. The van der Waals surface area contributed by atoms with Crippen LogP contribution in [0.1, 0.15) is 18.1 Å². The van der Waals surface area contributed by atoms with Gasteiger partial charge in [0.1, 0.15) is 12.4 Å². The van der Waals surface area contributed by atoms with E-state index < -0.39 is 0 Å². The fourth-order valence-electron chi connectivity index (χ4n) is 1.82. The molecule has 0 heterocycles. The van der Waals surface area contributed by atoms with Crippen molar-refractivity contribution in [2.45, 2.75) is 13.5 Å². The summed E-state index contributed by atoms with van der Waals surface area (Å²) in [6, 6.07) is 15.5. The van der Waals surface area contributed by atoms with Gasteiger partial charge < -0.3 is 9.47 Å². The van der Waals surface area contributed by atoms with Gasteiger partial charge in [-0.2, -0.15) is 0 Å². The number of benzene rings is 2. The third kappa shape index (κ3) is 5.37. The molecule has 114 valence electrons. The molecule has 0 aromatic heterocycles. The molecule has 0 aliphatic rings. The van der Waals surface area contributed by atoms with Crippen LogP contribution in [0.4, 0.5) is 0 Å². The zero-order valence-corrected chi connectivity index (χ0v) is 13.9. The van der Waals surface area contributed by atoms with E-state index in [1.807, 2.05) is 48.5 Å². The Morgan fingerprint density at radius 3 is 2.64 bits per heavy atom. The molecule has 0 radical (unpaired) electrons. The van der Waals surface area contributed by atoms with Crippen LogP contribution in [0.2, 0.25) is 0 Å². The van der Waals surface area contributed by atoms with Gasteiger partial charge in [0.05, 0.1) is 6.61 Å². The molecule has 0 N–H and O–H groups in total. The van der Waals surface area contributed by atoms with Crippen molar-refractivity contribution in [3.05, 3.63) is 70.2 Å². The standard InChI is InChI=1S/C18H17BrO3/c1-2-21-18(20)11-8-14-6-9-17(10-7-14)22-13-15-4-3-5-16(19)12-15/h3-12H,2,13H2,1H3/b11-8+. The largest absolute Gasteiger partial charge is 0.489 e. The first kappa shape index (κ1) is 16.3. The molecular weight excluding hydrogens is 344 g/mol. The normalized spacial score (nSPS) is 10.6. The minimum atomic E-state index is -0.336. The highest BCUT2D eigenvalue weighted by Crippen LogP contribution is 2.17. The molecular formula is C18H17BrO3. The molecule has 0 atom stereocenters. The summed E-state index contributed by atoms with van der Waals surface area (Å²) >= 11 is 3.44. The van der Waals surface area contributed by atoms with E-state index in [2.05, 4.69) is 15.9 Å². The fraction of sp³-hybridized carbons (Fsp3) is 0.167. The molecule has 0 spiro atoms. The van der Waals surface area contributed by atoms with Crippen molar-refractivity contribution < 1.29 is 14.3 Å². The first-order chi connectivity index (χ1) is 10.7. The molecule has 0 fully saturated rings. The maximum Gasteiger partial charge on any atom is 0.330 e. The highest BCUT2D eigenvalue weighted by atomic mass is 79.9. The van der Waals surface area contributed by atoms with Crippen molar-refractivity contribution in [3.63, 3.8) is 0 Å². The van der Waals surface area contributed by atoms with Gasteiger partial charge in [0.15, 0.2) is 0 Å². The lowest BCUT2D eigenvalue weighted by Gasteiger charge is -2.07. The van der Waals surface area contributed by atoms with E-state index in [-0.39, 0.29) is 5.97 Å². The number of hydrogen-bond acceptors (Lipinski definition) is 3. The minimum Gasteiger partial charge on any atom is -0.489 e. The Kier molecular flexibility index (Phi) is 6.22. The van der Waals surface area contributed by atoms with Crippen LogP contribution in [0.15, 0.2) is 59.1 Å². The van der Waals surface area contributed by atoms with Gasteiger partial charge in [0.2, 0.25) is 0 Å². The molecule has 0 aliphatic carbocycles. The Morgan fingerprint density at radius 2 is 1.95 bits per heavy atom. The molecule has 0 saturated carbocycles. The number of esters is 1. The van der Waals surface area contributed by atoms with Crippen LogP contribution in [0, 0.1) is 0 Å². The fourth-order valence-corrected chi connectivity index (χ4v) is 2.27. The molecule has 0 bridgehead atoms. The number of ether oxygens (including phenoxy) is 2. The molecule has 4 heteroatoms. The molecule has 2 aromatic rings. The predicted molar refractivity (Wildman–Crippen MR) is 90.6 cm³/mol. The Hall–Kier alpha value is -2.07. The van der Waals surface area contributed by atoms with Crippen LogP contribution in [0.25, 0.3) is 6.08 Å². The number of rotatable bonds is 6. The lowest BCUT2D eigenvalue weighted by molar-refractivity contribution is -0.137. The van der Waals surface area contributed by atoms with Gasteiger partial charge in [-0.25, -0.2) is 4.79 Å². The quantitative estimate of drug-likeness (QED) is 0.557. The van der Waals surface area contributed by atoms with Gasteiger partial charge in [-0.05, 0) is 48.4 Å². The van der Waals surface area contributed by atoms with Crippen LogP contribution in [-0.4, -0.2) is 12.6 Å². The highest BCUT2D eigenvalue weighted by Gasteiger charge is 1.98. The van der Waals surface area contributed by atoms with Crippen molar-refractivity contribution in [3.8, 4) is 5.75 Å². The molecule has 0 aliphatic heterocycles. The van der Waals surface area contributed by atoms with Gasteiger partial charge in [-0.1, -0.05) is 40.2 Å². The first-order valence-corrected chi connectivity index (χ1v) is 7.79. The van der Waals surface area contributed by atoms with E-state index in [1.54, 1.807) is 13.0 Å². The first-order valence-electron chi connectivity index (χ1n) is 6.99. The molecule has 3 nitrogen and oxygen atoms in total. The summed E-state index contributed by atoms with van der Waals surface area (Å²) in [6.45, 7) is 2.67. The topological polar surface area (TPSA) is 35.5 Å². The lowest BCUT2D eigenvalue weighted by Crippen LogP contribution is -1.98. The van der Waals surface area contributed by atoms with Crippen molar-refractivity contribution >= 4 is 28.0 Å². The predicted octanol–water partition coefficient (Wildman–Crippen LogP) is 4.60. The van der Waals surface area contributed by atoms with E-state index in [0.29, 0.717) is 13.2 Å². The second-order valence-electron chi connectivity index (χ2n) is 4.57. The van der Waals surface area contributed by atoms with Crippen LogP contribution >= 0.6 is 15.9 Å². The second-order valence-corrected chi connectivity index (χ2v) is 5.49. The van der Waals surface area contributed by atoms with Gasteiger partial charge in [0, 0.05) is 10.5 Å². The van der Waals surface area contributed by atoms with Gasteiger partial charge >= 0.3 is 5.97 Å². The summed E-state index contributed by atoms with van der Waals surface area (Å²) in [5.74, 6) is 0.450.